The molecule has 0 spiro atoms. The molecule has 0 amide bonds. The molecule has 0 bridgehead atoms. The summed E-state index contributed by atoms with van der Waals surface area (Å²) < 4.78 is 28.4. The van der Waals surface area contributed by atoms with Crippen molar-refractivity contribution in [2.45, 2.75) is 39.3 Å². The summed E-state index contributed by atoms with van der Waals surface area (Å²) in [5, 5.41) is 3.19. The van der Waals surface area contributed by atoms with Gasteiger partial charge in [0.25, 0.3) is 10.2 Å². The van der Waals surface area contributed by atoms with Crippen LogP contribution in [0, 0.1) is 5.92 Å². The fourth-order valence-electron chi connectivity index (χ4n) is 1.69. The summed E-state index contributed by atoms with van der Waals surface area (Å²) in [5.74, 6) is 0.384. The summed E-state index contributed by atoms with van der Waals surface area (Å²) >= 11 is 0. The van der Waals surface area contributed by atoms with Crippen LogP contribution in [0.15, 0.2) is 0 Å². The van der Waals surface area contributed by atoms with Gasteiger partial charge >= 0.3 is 0 Å². The van der Waals surface area contributed by atoms with Crippen LogP contribution in [0.4, 0.5) is 0 Å². The summed E-state index contributed by atoms with van der Waals surface area (Å²) in [4.78, 5) is 0. The first-order valence-electron chi connectivity index (χ1n) is 5.41. The van der Waals surface area contributed by atoms with Crippen molar-refractivity contribution in [1.82, 2.24) is 14.8 Å². The number of piperidine rings is 1. The quantitative estimate of drug-likeness (QED) is 0.633. The van der Waals surface area contributed by atoms with E-state index in [2.05, 4.69) is 21.7 Å². The van der Waals surface area contributed by atoms with Crippen molar-refractivity contribution in [3.8, 4) is 0 Å². The molecule has 15 heavy (non-hydrogen) atoms. The molecule has 6 heteroatoms. The molecule has 1 aliphatic rings. The van der Waals surface area contributed by atoms with E-state index in [1.165, 1.54) is 0 Å². The molecule has 1 rings (SSSR count). The van der Waals surface area contributed by atoms with E-state index in [-0.39, 0.29) is 12.1 Å². The second kappa shape index (κ2) is 5.25. The van der Waals surface area contributed by atoms with Crippen molar-refractivity contribution < 1.29 is 8.42 Å². The summed E-state index contributed by atoms with van der Waals surface area (Å²) in [6.45, 7) is 7.37. The molecule has 2 unspecified atom stereocenters. The minimum atomic E-state index is -3.35. The van der Waals surface area contributed by atoms with E-state index in [1.54, 1.807) is 0 Å². The molecule has 1 fully saturated rings. The third-order valence-corrected chi connectivity index (χ3v) is 3.92. The van der Waals surface area contributed by atoms with Gasteiger partial charge in [-0.05, 0) is 32.7 Å². The average molecular weight is 235 g/mol. The lowest BCUT2D eigenvalue weighted by Crippen LogP contribution is -2.53. The van der Waals surface area contributed by atoms with Gasteiger partial charge in [0.05, 0.1) is 0 Å². The van der Waals surface area contributed by atoms with E-state index in [0.29, 0.717) is 12.5 Å². The molecule has 0 aliphatic carbocycles. The van der Waals surface area contributed by atoms with Gasteiger partial charge in [-0.3, -0.25) is 0 Å². The molecule has 0 aromatic heterocycles. The number of hydrogen-bond acceptors (Lipinski definition) is 3. The van der Waals surface area contributed by atoms with E-state index < -0.39 is 10.2 Å². The van der Waals surface area contributed by atoms with E-state index in [1.807, 2.05) is 13.8 Å². The second-order valence-corrected chi connectivity index (χ2v) is 5.95. The Bertz CT molecular complexity index is 290. The van der Waals surface area contributed by atoms with Gasteiger partial charge in [-0.25, -0.2) is 0 Å². The average Bonchev–Trinajstić information content (AvgIpc) is 2.06. The third-order valence-electron chi connectivity index (χ3n) is 2.52. The van der Waals surface area contributed by atoms with Crippen molar-refractivity contribution in [2.75, 3.05) is 13.1 Å². The predicted molar refractivity (Wildman–Crippen MR) is 60.8 cm³/mol. The van der Waals surface area contributed by atoms with Gasteiger partial charge in [0.2, 0.25) is 0 Å². The maximum Gasteiger partial charge on any atom is 0.277 e. The summed E-state index contributed by atoms with van der Waals surface area (Å²) in [6.07, 6.45) is 1.01. The molecular weight excluding hydrogens is 214 g/mol. The normalized spacial score (nSPS) is 28.3. The van der Waals surface area contributed by atoms with Crippen LogP contribution < -0.4 is 14.8 Å². The summed E-state index contributed by atoms with van der Waals surface area (Å²) in [7, 11) is -3.35. The topological polar surface area (TPSA) is 70.2 Å². The van der Waals surface area contributed by atoms with Crippen molar-refractivity contribution in [2.24, 2.45) is 5.92 Å². The van der Waals surface area contributed by atoms with Gasteiger partial charge in [-0.1, -0.05) is 6.92 Å². The molecule has 1 heterocycles. The predicted octanol–water partition coefficient (Wildman–Crippen LogP) is -0.183. The zero-order valence-electron chi connectivity index (χ0n) is 9.58. The van der Waals surface area contributed by atoms with Gasteiger partial charge in [-0.15, -0.1) is 0 Å². The molecule has 2 atom stereocenters. The first-order chi connectivity index (χ1) is 6.91. The third kappa shape index (κ3) is 4.46. The maximum absolute atomic E-state index is 11.6. The highest BCUT2D eigenvalue weighted by atomic mass is 32.2. The first kappa shape index (κ1) is 12.9. The molecule has 0 aromatic rings. The van der Waals surface area contributed by atoms with Crippen molar-refractivity contribution in [3.63, 3.8) is 0 Å². The van der Waals surface area contributed by atoms with Crippen LogP contribution in [0.3, 0.4) is 0 Å². The molecule has 1 saturated heterocycles. The second-order valence-electron chi connectivity index (χ2n) is 4.47. The van der Waals surface area contributed by atoms with E-state index >= 15 is 0 Å². The van der Waals surface area contributed by atoms with Crippen LogP contribution >= 0.6 is 0 Å². The van der Waals surface area contributed by atoms with Gasteiger partial charge in [-0.2, -0.15) is 17.9 Å². The van der Waals surface area contributed by atoms with Crippen LogP contribution in [0.2, 0.25) is 0 Å². The Hall–Kier alpha value is -0.170. The first-order valence-corrected chi connectivity index (χ1v) is 6.89. The van der Waals surface area contributed by atoms with Crippen LogP contribution in [-0.4, -0.2) is 33.6 Å². The Morgan fingerprint density at radius 1 is 1.40 bits per heavy atom. The van der Waals surface area contributed by atoms with Crippen LogP contribution in [0.5, 0.6) is 0 Å². The van der Waals surface area contributed by atoms with Crippen LogP contribution in [0.25, 0.3) is 0 Å². The van der Waals surface area contributed by atoms with Gasteiger partial charge < -0.3 is 5.32 Å². The number of nitrogens with one attached hydrogen (secondary N) is 3. The monoisotopic (exact) mass is 235 g/mol. The van der Waals surface area contributed by atoms with E-state index in [9.17, 15) is 8.42 Å². The number of rotatable bonds is 4. The zero-order valence-corrected chi connectivity index (χ0v) is 10.4. The van der Waals surface area contributed by atoms with Crippen molar-refractivity contribution in [1.29, 1.82) is 0 Å². The Kier molecular flexibility index (Phi) is 4.51. The molecule has 5 nitrogen and oxygen atoms in total. The highest BCUT2D eigenvalue weighted by molar-refractivity contribution is 7.87. The molecule has 90 valence electrons. The Morgan fingerprint density at radius 3 is 2.60 bits per heavy atom. The lowest BCUT2D eigenvalue weighted by Gasteiger charge is -2.30. The molecule has 1 aliphatic heterocycles. The molecular formula is C9H21N3O2S. The lowest BCUT2D eigenvalue weighted by molar-refractivity contribution is 0.325. The molecule has 0 saturated carbocycles. The standard InChI is InChI=1S/C9H21N3O2S/c1-7(2)11-15(13,14)12-9-6-10-5-4-8(9)3/h7-12H,4-6H2,1-3H3. The highest BCUT2D eigenvalue weighted by Gasteiger charge is 2.25. The maximum atomic E-state index is 11.6. The molecule has 0 radical (unpaired) electrons. The Balaban J connectivity index is 2.52. The van der Waals surface area contributed by atoms with Crippen molar-refractivity contribution >= 4 is 10.2 Å². The Labute approximate surface area is 92.2 Å². The smallest absolute Gasteiger partial charge is 0.277 e. The highest BCUT2D eigenvalue weighted by Crippen LogP contribution is 2.11. The molecule has 3 N–H and O–H groups in total. The van der Waals surface area contributed by atoms with Gasteiger partial charge in [0.1, 0.15) is 0 Å². The largest absolute Gasteiger partial charge is 0.315 e. The molecule has 0 aromatic carbocycles. The van der Waals surface area contributed by atoms with Crippen LogP contribution in [-0.2, 0) is 10.2 Å². The van der Waals surface area contributed by atoms with E-state index in [0.717, 1.165) is 13.0 Å². The van der Waals surface area contributed by atoms with Gasteiger partial charge in [0.15, 0.2) is 0 Å². The van der Waals surface area contributed by atoms with Crippen molar-refractivity contribution in [3.05, 3.63) is 0 Å². The minimum absolute atomic E-state index is 0.00463. The number of hydrogen-bond donors (Lipinski definition) is 3. The van der Waals surface area contributed by atoms with Crippen LogP contribution in [0.1, 0.15) is 27.2 Å². The lowest BCUT2D eigenvalue weighted by atomic mass is 9.96. The fourth-order valence-corrected chi connectivity index (χ4v) is 3.09. The minimum Gasteiger partial charge on any atom is -0.315 e. The summed E-state index contributed by atoms with van der Waals surface area (Å²) in [5.41, 5.74) is 0. The van der Waals surface area contributed by atoms with Gasteiger partial charge in [0, 0.05) is 18.6 Å². The zero-order chi connectivity index (χ0) is 11.5. The Morgan fingerprint density at radius 2 is 2.07 bits per heavy atom. The SMILES string of the molecule is CC(C)NS(=O)(=O)NC1CNCCC1C. The summed E-state index contributed by atoms with van der Waals surface area (Å²) in [6, 6.07) is -0.0793. The van der Waals surface area contributed by atoms with E-state index in [4.69, 9.17) is 0 Å². The fraction of sp³-hybridized carbons (Fsp3) is 1.00.